The fourth-order valence-corrected chi connectivity index (χ4v) is 3.96. The van der Waals surface area contributed by atoms with Crippen LogP contribution < -0.4 is 0 Å². The highest BCUT2D eigenvalue weighted by atomic mass is 15.2. The van der Waals surface area contributed by atoms with Crippen LogP contribution in [0.5, 0.6) is 0 Å². The van der Waals surface area contributed by atoms with Crippen molar-refractivity contribution in [2.24, 2.45) is 0 Å². The van der Waals surface area contributed by atoms with Gasteiger partial charge in [0.1, 0.15) is 0 Å². The van der Waals surface area contributed by atoms with Crippen LogP contribution in [0.4, 0.5) is 0 Å². The smallest absolute Gasteiger partial charge is 0.0533 e. The van der Waals surface area contributed by atoms with E-state index in [0.717, 1.165) is 6.42 Å². The molecule has 1 atom stereocenters. The summed E-state index contributed by atoms with van der Waals surface area (Å²) in [5, 5.41) is 1.43. The number of hydrogen-bond donors (Lipinski definition) is 1. The molecule has 98 valence electrons. The summed E-state index contributed by atoms with van der Waals surface area (Å²) in [5.74, 6) is 0. The van der Waals surface area contributed by atoms with E-state index >= 15 is 0 Å². The molecule has 1 unspecified atom stereocenters. The van der Waals surface area contributed by atoms with Gasteiger partial charge in [-0.05, 0) is 55.1 Å². The number of aromatic nitrogens is 1. The van der Waals surface area contributed by atoms with Gasteiger partial charge in [-0.2, -0.15) is 0 Å². The van der Waals surface area contributed by atoms with Gasteiger partial charge in [0.15, 0.2) is 0 Å². The van der Waals surface area contributed by atoms with E-state index in [1.54, 1.807) is 5.56 Å². The molecule has 2 heteroatoms. The Morgan fingerprint density at radius 1 is 1.37 bits per heavy atom. The van der Waals surface area contributed by atoms with E-state index in [0.29, 0.717) is 6.04 Å². The van der Waals surface area contributed by atoms with Gasteiger partial charge in [0.25, 0.3) is 0 Å². The predicted molar refractivity (Wildman–Crippen MR) is 80.4 cm³/mol. The van der Waals surface area contributed by atoms with Gasteiger partial charge in [-0.3, -0.25) is 4.90 Å². The molecule has 0 aliphatic carbocycles. The fourth-order valence-electron chi connectivity index (χ4n) is 3.96. The number of rotatable bonds is 1. The maximum atomic E-state index is 3.96. The van der Waals surface area contributed by atoms with E-state index < -0.39 is 0 Å². The SMILES string of the molecule is C=Cc1cc(C)cc2c3c([nH]c12)CCN1CCCC31. The van der Waals surface area contributed by atoms with Gasteiger partial charge in [-0.15, -0.1) is 0 Å². The maximum absolute atomic E-state index is 3.96. The molecule has 0 spiro atoms. The Morgan fingerprint density at radius 3 is 3.11 bits per heavy atom. The molecule has 2 aliphatic rings. The Morgan fingerprint density at radius 2 is 2.26 bits per heavy atom. The normalized spacial score (nSPS) is 22.5. The Labute approximate surface area is 114 Å². The number of fused-ring (bicyclic) bond motifs is 5. The first-order valence-electron chi connectivity index (χ1n) is 7.29. The second-order valence-electron chi connectivity index (χ2n) is 5.94. The average Bonchev–Trinajstić information content (AvgIpc) is 3.00. The summed E-state index contributed by atoms with van der Waals surface area (Å²) >= 11 is 0. The minimum Gasteiger partial charge on any atom is -0.358 e. The van der Waals surface area contributed by atoms with Crippen molar-refractivity contribution in [1.82, 2.24) is 9.88 Å². The summed E-state index contributed by atoms with van der Waals surface area (Å²) in [5.41, 5.74) is 6.91. The predicted octanol–water partition coefficient (Wildman–Crippen LogP) is 3.81. The molecule has 1 aromatic heterocycles. The molecule has 1 N–H and O–H groups in total. The Kier molecular flexibility index (Phi) is 2.36. The molecule has 0 radical (unpaired) electrons. The molecule has 1 fully saturated rings. The third-order valence-corrected chi connectivity index (χ3v) is 4.77. The molecular formula is C17H20N2. The second kappa shape index (κ2) is 3.97. The molecule has 0 amide bonds. The van der Waals surface area contributed by atoms with Crippen molar-refractivity contribution in [2.45, 2.75) is 32.2 Å². The van der Waals surface area contributed by atoms with Gasteiger partial charge in [0.05, 0.1) is 5.52 Å². The Balaban J connectivity index is 2.02. The van der Waals surface area contributed by atoms with Gasteiger partial charge >= 0.3 is 0 Å². The zero-order valence-electron chi connectivity index (χ0n) is 11.5. The van der Waals surface area contributed by atoms with E-state index in [2.05, 4.69) is 35.5 Å². The second-order valence-corrected chi connectivity index (χ2v) is 5.94. The topological polar surface area (TPSA) is 19.0 Å². The standard InChI is InChI=1S/C17H20N2/c1-3-12-9-11(2)10-13-16-14(18-17(12)13)6-8-19-7-4-5-15(16)19/h3,9-10,15,18H,1,4-8H2,2H3. The Bertz CT molecular complexity index is 665. The van der Waals surface area contributed by atoms with E-state index in [1.165, 1.54) is 53.7 Å². The van der Waals surface area contributed by atoms with Crippen LogP contribution in [0, 0.1) is 6.92 Å². The minimum atomic E-state index is 0.650. The van der Waals surface area contributed by atoms with Crippen LogP contribution in [0.2, 0.25) is 0 Å². The van der Waals surface area contributed by atoms with Crippen LogP contribution in [-0.4, -0.2) is 23.0 Å². The monoisotopic (exact) mass is 252 g/mol. The van der Waals surface area contributed by atoms with E-state index in [9.17, 15) is 0 Å². The number of hydrogen-bond acceptors (Lipinski definition) is 1. The van der Waals surface area contributed by atoms with E-state index in [-0.39, 0.29) is 0 Å². The third kappa shape index (κ3) is 1.53. The molecule has 19 heavy (non-hydrogen) atoms. The van der Waals surface area contributed by atoms with Crippen LogP contribution in [-0.2, 0) is 6.42 Å². The van der Waals surface area contributed by atoms with Gasteiger partial charge in [0, 0.05) is 30.1 Å². The van der Waals surface area contributed by atoms with Crippen LogP contribution in [0.3, 0.4) is 0 Å². The summed E-state index contributed by atoms with van der Waals surface area (Å²) in [6, 6.07) is 5.22. The van der Waals surface area contributed by atoms with Crippen LogP contribution >= 0.6 is 0 Å². The van der Waals surface area contributed by atoms with Crippen LogP contribution in [0.25, 0.3) is 17.0 Å². The molecule has 2 aliphatic heterocycles. The summed E-state index contributed by atoms with van der Waals surface area (Å²) in [7, 11) is 0. The van der Waals surface area contributed by atoms with E-state index in [1.807, 2.05) is 6.08 Å². The highest BCUT2D eigenvalue weighted by Gasteiger charge is 2.33. The van der Waals surface area contributed by atoms with Gasteiger partial charge in [-0.1, -0.05) is 12.7 Å². The van der Waals surface area contributed by atoms with Crippen molar-refractivity contribution < 1.29 is 0 Å². The Hall–Kier alpha value is -1.54. The molecule has 2 aromatic rings. The molecular weight excluding hydrogens is 232 g/mol. The lowest BCUT2D eigenvalue weighted by Gasteiger charge is -2.29. The highest BCUT2D eigenvalue weighted by Crippen LogP contribution is 2.42. The summed E-state index contributed by atoms with van der Waals surface area (Å²) in [4.78, 5) is 6.34. The first kappa shape index (κ1) is 11.3. The summed E-state index contributed by atoms with van der Waals surface area (Å²) < 4.78 is 0. The number of nitrogens with zero attached hydrogens (tertiary/aromatic N) is 1. The van der Waals surface area contributed by atoms with Crippen molar-refractivity contribution in [1.29, 1.82) is 0 Å². The number of aromatic amines is 1. The zero-order valence-corrected chi connectivity index (χ0v) is 11.5. The first-order chi connectivity index (χ1) is 9.28. The zero-order chi connectivity index (χ0) is 13.0. The molecule has 1 saturated heterocycles. The van der Waals surface area contributed by atoms with Crippen molar-refractivity contribution >= 4 is 17.0 Å². The van der Waals surface area contributed by atoms with Gasteiger partial charge in [0.2, 0.25) is 0 Å². The van der Waals surface area contributed by atoms with Crippen LogP contribution in [0.1, 0.15) is 41.3 Å². The lowest BCUT2D eigenvalue weighted by Crippen LogP contribution is -2.30. The minimum absolute atomic E-state index is 0.650. The highest BCUT2D eigenvalue weighted by molar-refractivity contribution is 5.92. The van der Waals surface area contributed by atoms with Crippen molar-refractivity contribution in [3.8, 4) is 0 Å². The van der Waals surface area contributed by atoms with Gasteiger partial charge < -0.3 is 4.98 Å². The van der Waals surface area contributed by atoms with Crippen molar-refractivity contribution in [3.63, 3.8) is 0 Å². The summed E-state index contributed by atoms with van der Waals surface area (Å²) in [6.45, 7) is 8.64. The largest absolute Gasteiger partial charge is 0.358 e. The first-order valence-corrected chi connectivity index (χ1v) is 7.29. The number of aryl methyl sites for hydroxylation is 1. The van der Waals surface area contributed by atoms with Crippen molar-refractivity contribution in [3.05, 3.63) is 41.1 Å². The maximum Gasteiger partial charge on any atom is 0.0533 e. The van der Waals surface area contributed by atoms with Gasteiger partial charge in [-0.25, -0.2) is 0 Å². The lowest BCUT2D eigenvalue weighted by molar-refractivity contribution is 0.244. The van der Waals surface area contributed by atoms with Crippen LogP contribution in [0.15, 0.2) is 18.7 Å². The number of benzene rings is 1. The number of nitrogens with one attached hydrogen (secondary N) is 1. The third-order valence-electron chi connectivity index (χ3n) is 4.77. The molecule has 2 nitrogen and oxygen atoms in total. The molecule has 4 rings (SSSR count). The van der Waals surface area contributed by atoms with Crippen molar-refractivity contribution in [2.75, 3.05) is 13.1 Å². The fraction of sp³-hybridized carbons (Fsp3) is 0.412. The molecule has 0 saturated carbocycles. The summed E-state index contributed by atoms with van der Waals surface area (Å²) in [6.07, 6.45) is 5.80. The molecule has 3 heterocycles. The van der Waals surface area contributed by atoms with E-state index in [4.69, 9.17) is 0 Å². The quantitative estimate of drug-likeness (QED) is 0.817. The number of H-pyrrole nitrogens is 1. The molecule has 0 bridgehead atoms. The average molecular weight is 252 g/mol. The lowest BCUT2D eigenvalue weighted by atomic mass is 9.94. The molecule has 1 aromatic carbocycles.